The van der Waals surface area contributed by atoms with Crippen LogP contribution in [0.3, 0.4) is 0 Å². The van der Waals surface area contributed by atoms with Crippen molar-refractivity contribution in [2.45, 2.75) is 83.3 Å². The lowest BCUT2D eigenvalue weighted by Crippen LogP contribution is -2.45. The first kappa shape index (κ1) is 25.0. The third-order valence-corrected chi connectivity index (χ3v) is 12.7. The minimum Gasteiger partial charge on any atom is -0.415 e. The van der Waals surface area contributed by atoms with E-state index in [1.807, 2.05) is 32.9 Å². The molecule has 1 aliphatic carbocycles. The number of amidine groups is 1. The van der Waals surface area contributed by atoms with E-state index in [1.54, 1.807) is 0 Å². The van der Waals surface area contributed by atoms with Crippen molar-refractivity contribution in [3.63, 3.8) is 0 Å². The number of rotatable bonds is 7. The van der Waals surface area contributed by atoms with Crippen LogP contribution in [0.2, 0.25) is 18.1 Å². The number of fused-ring (bicyclic) bond motifs is 1. The van der Waals surface area contributed by atoms with Gasteiger partial charge in [-0.25, -0.2) is 8.51 Å². The molecule has 1 aromatic carbocycles. The van der Waals surface area contributed by atoms with Crippen LogP contribution in [0.4, 0.5) is 0 Å². The van der Waals surface area contributed by atoms with Crippen molar-refractivity contribution in [3.05, 3.63) is 34.9 Å². The van der Waals surface area contributed by atoms with Gasteiger partial charge in [0.1, 0.15) is 11.0 Å². The zero-order valence-electron chi connectivity index (χ0n) is 19.8. The average Bonchev–Trinajstić information content (AvgIpc) is 3.06. The Labute approximate surface area is 185 Å². The van der Waals surface area contributed by atoms with Gasteiger partial charge in [-0.1, -0.05) is 44.1 Å². The van der Waals surface area contributed by atoms with E-state index in [0.717, 1.165) is 29.5 Å². The van der Waals surface area contributed by atoms with Gasteiger partial charge in [0.25, 0.3) is 0 Å². The van der Waals surface area contributed by atoms with Crippen LogP contribution in [0.1, 0.15) is 70.7 Å². The van der Waals surface area contributed by atoms with Gasteiger partial charge in [0, 0.05) is 24.8 Å². The molecule has 0 spiro atoms. The first-order valence-corrected chi connectivity index (χ1v) is 14.6. The lowest BCUT2D eigenvalue weighted by Gasteiger charge is -2.38. The van der Waals surface area contributed by atoms with Crippen molar-refractivity contribution in [1.82, 2.24) is 4.31 Å². The largest absolute Gasteiger partial charge is 0.415 e. The number of hydrogen-bond acceptors (Lipinski definition) is 4. The fourth-order valence-electron chi connectivity index (χ4n) is 3.54. The maximum absolute atomic E-state index is 13.5. The van der Waals surface area contributed by atoms with E-state index in [0.29, 0.717) is 13.2 Å². The van der Waals surface area contributed by atoms with E-state index in [-0.39, 0.29) is 21.7 Å². The van der Waals surface area contributed by atoms with Crippen molar-refractivity contribution in [3.8, 4) is 0 Å². The molecule has 170 valence electrons. The van der Waals surface area contributed by atoms with Crippen LogP contribution in [-0.2, 0) is 21.8 Å². The van der Waals surface area contributed by atoms with Crippen LogP contribution in [-0.4, -0.2) is 45.8 Å². The summed E-state index contributed by atoms with van der Waals surface area (Å²) in [6.07, 6.45) is 1.67. The zero-order chi connectivity index (χ0) is 22.9. The lowest BCUT2D eigenvalue weighted by molar-refractivity contribution is 0.230. The normalized spacial score (nSPS) is 19.2. The molecule has 6 nitrogen and oxygen atoms in total. The van der Waals surface area contributed by atoms with Gasteiger partial charge in [-0.05, 0) is 62.9 Å². The van der Waals surface area contributed by atoms with Gasteiger partial charge in [-0.3, -0.25) is 0 Å². The van der Waals surface area contributed by atoms with Crippen molar-refractivity contribution in [2.75, 3.05) is 13.2 Å². The zero-order valence-corrected chi connectivity index (χ0v) is 21.6. The van der Waals surface area contributed by atoms with Crippen LogP contribution in [0.25, 0.3) is 0 Å². The van der Waals surface area contributed by atoms with Gasteiger partial charge < -0.3 is 15.4 Å². The average molecular weight is 454 g/mol. The monoisotopic (exact) mass is 453 g/mol. The third-order valence-electron chi connectivity index (χ3n) is 6.29. The molecule has 0 fully saturated rings. The van der Waals surface area contributed by atoms with Crippen LogP contribution >= 0.6 is 0 Å². The Morgan fingerprint density at radius 1 is 1.30 bits per heavy atom. The van der Waals surface area contributed by atoms with E-state index in [4.69, 9.17) is 15.4 Å². The molecule has 8 heteroatoms. The molecule has 0 radical (unpaired) electrons. The predicted octanol–water partition coefficient (Wildman–Crippen LogP) is 4.55. The smallest absolute Gasteiger partial charge is 0.192 e. The summed E-state index contributed by atoms with van der Waals surface area (Å²) in [5.41, 5.74) is 8.86. The highest BCUT2D eigenvalue weighted by Crippen LogP contribution is 2.40. The fraction of sp³-hybridized carbons (Fsp3) is 0.682. The maximum atomic E-state index is 13.5. The summed E-state index contributed by atoms with van der Waals surface area (Å²) in [5, 5.41) is 12.5. The molecule has 0 unspecified atom stereocenters. The molecule has 2 rings (SSSR count). The second-order valence-electron chi connectivity index (χ2n) is 10.5. The maximum Gasteiger partial charge on any atom is 0.192 e. The van der Waals surface area contributed by atoms with Crippen LogP contribution < -0.4 is 5.73 Å². The number of hydrogen-bond donors (Lipinski definition) is 2. The van der Waals surface area contributed by atoms with E-state index in [9.17, 15) is 4.21 Å². The SMILES string of the molecule is CC(C)(C)[S@](=O)N(CCO[Si](C)(C)C(C)(C)C)[C@H]1CCc2c(C(N)=NO)cccc21. The second kappa shape index (κ2) is 9.10. The van der Waals surface area contributed by atoms with Crippen molar-refractivity contribution >= 4 is 25.1 Å². The van der Waals surface area contributed by atoms with Gasteiger partial charge in [-0.2, -0.15) is 0 Å². The summed E-state index contributed by atoms with van der Waals surface area (Å²) < 4.78 is 21.6. The fourth-order valence-corrected chi connectivity index (χ4v) is 5.97. The van der Waals surface area contributed by atoms with Gasteiger partial charge in [0.05, 0.1) is 4.75 Å². The summed E-state index contributed by atoms with van der Waals surface area (Å²) in [5.74, 6) is 0.122. The highest BCUT2D eigenvalue weighted by molar-refractivity contribution is 7.84. The topological polar surface area (TPSA) is 88.2 Å². The summed E-state index contributed by atoms with van der Waals surface area (Å²) in [7, 11) is -3.06. The van der Waals surface area contributed by atoms with Gasteiger partial charge in [0.2, 0.25) is 0 Å². The van der Waals surface area contributed by atoms with Crippen molar-refractivity contribution < 1.29 is 13.8 Å². The van der Waals surface area contributed by atoms with E-state index in [1.165, 1.54) is 0 Å². The molecular formula is C22H39N3O3SSi. The summed E-state index contributed by atoms with van der Waals surface area (Å²) >= 11 is 0. The van der Waals surface area contributed by atoms with Gasteiger partial charge >= 0.3 is 0 Å². The Hall–Kier alpha value is -1.22. The molecule has 1 aliphatic rings. The molecule has 0 heterocycles. The number of nitrogens with zero attached hydrogens (tertiary/aromatic N) is 2. The molecule has 0 aromatic heterocycles. The summed E-state index contributed by atoms with van der Waals surface area (Å²) in [4.78, 5) is 0. The van der Waals surface area contributed by atoms with Gasteiger partial charge in [-0.15, -0.1) is 0 Å². The van der Waals surface area contributed by atoms with Gasteiger partial charge in [0.15, 0.2) is 14.2 Å². The van der Waals surface area contributed by atoms with E-state index in [2.05, 4.69) is 49.4 Å². The molecule has 1 aromatic rings. The molecule has 0 amide bonds. The third kappa shape index (κ3) is 5.33. The standard InChI is InChI=1S/C22H39N3O3SSi/c1-21(2,3)29(27)25(14-15-28-30(7,8)22(4,5)6)19-13-12-16-17(19)10-9-11-18(16)20(23)24-26/h9-11,19,26H,12-15H2,1-8H3,(H2,23,24)/t19-,29-/m0/s1. The molecule has 30 heavy (non-hydrogen) atoms. The highest BCUT2D eigenvalue weighted by atomic mass is 32.2. The van der Waals surface area contributed by atoms with Crippen molar-refractivity contribution in [2.24, 2.45) is 10.9 Å². The second-order valence-corrected chi connectivity index (χ2v) is 17.5. The Bertz CT molecular complexity index is 813. The molecule has 0 saturated carbocycles. The highest BCUT2D eigenvalue weighted by Gasteiger charge is 2.39. The van der Waals surface area contributed by atoms with Crippen LogP contribution in [0.15, 0.2) is 23.4 Å². The minimum absolute atomic E-state index is 0.0227. The van der Waals surface area contributed by atoms with E-state index >= 15 is 0 Å². The molecule has 0 bridgehead atoms. The molecule has 0 aliphatic heterocycles. The Morgan fingerprint density at radius 3 is 2.47 bits per heavy atom. The van der Waals surface area contributed by atoms with Crippen LogP contribution in [0.5, 0.6) is 0 Å². The van der Waals surface area contributed by atoms with Crippen LogP contribution in [0, 0.1) is 0 Å². The van der Waals surface area contributed by atoms with Crippen molar-refractivity contribution in [1.29, 1.82) is 0 Å². The summed E-state index contributed by atoms with van der Waals surface area (Å²) in [6, 6.07) is 5.90. The minimum atomic E-state index is -1.88. The number of oxime groups is 1. The quantitative estimate of drug-likeness (QED) is 0.208. The number of nitrogens with two attached hydrogens (primary N) is 1. The first-order valence-electron chi connectivity index (χ1n) is 10.6. The first-order chi connectivity index (χ1) is 13.7. The Morgan fingerprint density at radius 2 is 1.93 bits per heavy atom. The Balaban J connectivity index is 2.32. The molecule has 2 atom stereocenters. The van der Waals surface area contributed by atoms with E-state index < -0.39 is 19.3 Å². The summed E-state index contributed by atoms with van der Waals surface area (Å²) in [6.45, 7) is 18.4. The lowest BCUT2D eigenvalue weighted by atomic mass is 10.0. The molecule has 3 N–H and O–H groups in total. The number of benzene rings is 1. The predicted molar refractivity (Wildman–Crippen MR) is 128 cm³/mol. The Kier molecular flexibility index (Phi) is 7.60. The molecular weight excluding hydrogens is 414 g/mol. The molecule has 0 saturated heterocycles.